The Balaban J connectivity index is 2.71. The molecule has 0 fully saturated rings. The molecule has 1 unspecified atom stereocenters. The molecule has 0 saturated heterocycles. The zero-order chi connectivity index (χ0) is 12.2. The van der Waals surface area contributed by atoms with Gasteiger partial charge in [0.1, 0.15) is 0 Å². The van der Waals surface area contributed by atoms with Crippen LogP contribution >= 0.6 is 0 Å². The monoisotopic (exact) mass is 221 g/mol. The van der Waals surface area contributed by atoms with E-state index in [1.54, 1.807) is 7.11 Å². The fraction of sp³-hybridized carbons (Fsp3) is 0.571. The Labute approximate surface area is 98.8 Å². The molecule has 0 bridgehead atoms. The summed E-state index contributed by atoms with van der Waals surface area (Å²) in [6.07, 6.45) is 0.960. The van der Waals surface area contributed by atoms with Crippen LogP contribution in [0.25, 0.3) is 0 Å². The standard InChI is InChI=1S/C14H23NO/c1-14(2,3)13(15)12-7-5-11(6-8-12)9-10-16-4/h5-8,13H,9-10,15H2,1-4H3. The van der Waals surface area contributed by atoms with E-state index >= 15 is 0 Å². The molecule has 2 nitrogen and oxygen atoms in total. The predicted octanol–water partition coefficient (Wildman–Crippen LogP) is 2.92. The third-order valence-electron chi connectivity index (χ3n) is 2.87. The van der Waals surface area contributed by atoms with Crippen LogP contribution in [0.5, 0.6) is 0 Å². The van der Waals surface area contributed by atoms with Crippen molar-refractivity contribution in [1.82, 2.24) is 0 Å². The van der Waals surface area contributed by atoms with E-state index < -0.39 is 0 Å². The molecule has 0 spiro atoms. The number of hydrogen-bond donors (Lipinski definition) is 1. The minimum Gasteiger partial charge on any atom is -0.384 e. The maximum atomic E-state index is 6.20. The van der Waals surface area contributed by atoms with E-state index in [9.17, 15) is 0 Å². The van der Waals surface area contributed by atoms with Crippen molar-refractivity contribution in [3.05, 3.63) is 35.4 Å². The number of methoxy groups -OCH3 is 1. The minimum absolute atomic E-state index is 0.0870. The molecule has 1 aromatic rings. The zero-order valence-corrected chi connectivity index (χ0v) is 10.8. The van der Waals surface area contributed by atoms with Crippen molar-refractivity contribution in [3.63, 3.8) is 0 Å². The van der Waals surface area contributed by atoms with Crippen LogP contribution in [0.2, 0.25) is 0 Å². The molecule has 0 aromatic heterocycles. The van der Waals surface area contributed by atoms with Crippen molar-refractivity contribution >= 4 is 0 Å². The molecule has 2 N–H and O–H groups in total. The summed E-state index contributed by atoms with van der Waals surface area (Å²) >= 11 is 0. The van der Waals surface area contributed by atoms with Crippen LogP contribution < -0.4 is 5.73 Å². The van der Waals surface area contributed by atoms with E-state index in [1.165, 1.54) is 11.1 Å². The summed E-state index contributed by atoms with van der Waals surface area (Å²) in [7, 11) is 1.73. The van der Waals surface area contributed by atoms with Crippen LogP contribution in [0.15, 0.2) is 24.3 Å². The van der Waals surface area contributed by atoms with Crippen LogP contribution in [0.1, 0.15) is 37.9 Å². The average Bonchev–Trinajstić information content (AvgIpc) is 2.25. The van der Waals surface area contributed by atoms with Gasteiger partial charge in [0, 0.05) is 13.2 Å². The molecule has 0 radical (unpaired) electrons. The molecule has 0 heterocycles. The molecule has 90 valence electrons. The molecule has 0 aliphatic heterocycles. The van der Waals surface area contributed by atoms with E-state index in [2.05, 4.69) is 45.0 Å². The molecule has 1 atom stereocenters. The second-order valence-corrected chi connectivity index (χ2v) is 5.33. The summed E-state index contributed by atoms with van der Waals surface area (Å²) in [5.41, 5.74) is 8.80. The quantitative estimate of drug-likeness (QED) is 0.848. The van der Waals surface area contributed by atoms with Crippen molar-refractivity contribution in [3.8, 4) is 0 Å². The van der Waals surface area contributed by atoms with Crippen LogP contribution in [-0.2, 0) is 11.2 Å². The van der Waals surface area contributed by atoms with Crippen molar-refractivity contribution in [1.29, 1.82) is 0 Å². The summed E-state index contributed by atoms with van der Waals surface area (Å²) < 4.78 is 5.05. The van der Waals surface area contributed by atoms with Gasteiger partial charge in [0.25, 0.3) is 0 Å². The second-order valence-electron chi connectivity index (χ2n) is 5.33. The molecule has 2 heteroatoms. The molecule has 1 rings (SSSR count). The van der Waals surface area contributed by atoms with Gasteiger partial charge in [-0.05, 0) is 23.0 Å². The van der Waals surface area contributed by atoms with E-state index in [0.717, 1.165) is 13.0 Å². The summed E-state index contributed by atoms with van der Waals surface area (Å²) in [6.45, 7) is 7.26. The first kappa shape index (κ1) is 13.2. The highest BCUT2D eigenvalue weighted by Gasteiger charge is 2.21. The molecule has 0 aliphatic rings. The van der Waals surface area contributed by atoms with Gasteiger partial charge < -0.3 is 10.5 Å². The molecule has 0 amide bonds. The third-order valence-corrected chi connectivity index (χ3v) is 2.87. The van der Waals surface area contributed by atoms with Crippen LogP contribution in [0.3, 0.4) is 0 Å². The number of ether oxygens (including phenoxy) is 1. The van der Waals surface area contributed by atoms with Crippen LogP contribution in [0, 0.1) is 5.41 Å². The van der Waals surface area contributed by atoms with Crippen molar-refractivity contribution in [2.24, 2.45) is 11.1 Å². The summed E-state index contributed by atoms with van der Waals surface area (Å²) in [5, 5.41) is 0. The van der Waals surface area contributed by atoms with Gasteiger partial charge in [-0.2, -0.15) is 0 Å². The maximum absolute atomic E-state index is 6.20. The summed E-state index contributed by atoms with van der Waals surface area (Å²) in [5.74, 6) is 0. The van der Waals surface area contributed by atoms with Crippen LogP contribution in [0.4, 0.5) is 0 Å². The second kappa shape index (κ2) is 5.46. The van der Waals surface area contributed by atoms with Gasteiger partial charge in [-0.3, -0.25) is 0 Å². The molecule has 0 aliphatic carbocycles. The lowest BCUT2D eigenvalue weighted by atomic mass is 9.83. The molecule has 1 aromatic carbocycles. The van der Waals surface area contributed by atoms with E-state index in [1.807, 2.05) is 0 Å². The van der Waals surface area contributed by atoms with E-state index in [0.29, 0.717) is 0 Å². The SMILES string of the molecule is COCCc1ccc(C(N)C(C)(C)C)cc1. The van der Waals surface area contributed by atoms with Crippen molar-refractivity contribution in [2.45, 2.75) is 33.2 Å². The minimum atomic E-state index is 0.0870. The van der Waals surface area contributed by atoms with Gasteiger partial charge in [-0.25, -0.2) is 0 Å². The largest absolute Gasteiger partial charge is 0.384 e. The lowest BCUT2D eigenvalue weighted by Crippen LogP contribution is -2.26. The third kappa shape index (κ3) is 3.62. The Morgan fingerprint density at radius 2 is 1.75 bits per heavy atom. The van der Waals surface area contributed by atoms with Gasteiger partial charge in [-0.1, -0.05) is 45.0 Å². The Morgan fingerprint density at radius 1 is 1.19 bits per heavy atom. The van der Waals surface area contributed by atoms with E-state index in [-0.39, 0.29) is 11.5 Å². The van der Waals surface area contributed by atoms with Gasteiger partial charge >= 0.3 is 0 Å². The lowest BCUT2D eigenvalue weighted by molar-refractivity contribution is 0.202. The van der Waals surface area contributed by atoms with Gasteiger partial charge in [-0.15, -0.1) is 0 Å². The lowest BCUT2D eigenvalue weighted by Gasteiger charge is -2.27. The molecular formula is C14H23NO. The van der Waals surface area contributed by atoms with Crippen molar-refractivity contribution < 1.29 is 4.74 Å². The maximum Gasteiger partial charge on any atom is 0.0502 e. The van der Waals surface area contributed by atoms with Crippen LogP contribution in [-0.4, -0.2) is 13.7 Å². The van der Waals surface area contributed by atoms with Gasteiger partial charge in [0.2, 0.25) is 0 Å². The number of nitrogens with two attached hydrogens (primary N) is 1. The Hall–Kier alpha value is -0.860. The van der Waals surface area contributed by atoms with Gasteiger partial charge in [0.05, 0.1) is 6.61 Å². The highest BCUT2D eigenvalue weighted by atomic mass is 16.5. The predicted molar refractivity (Wildman–Crippen MR) is 68.4 cm³/mol. The Bertz CT molecular complexity index is 311. The Kier molecular flexibility index (Phi) is 4.51. The zero-order valence-electron chi connectivity index (χ0n) is 10.8. The fourth-order valence-electron chi connectivity index (χ4n) is 1.61. The first-order chi connectivity index (χ1) is 7.45. The summed E-state index contributed by atoms with van der Waals surface area (Å²) in [6, 6.07) is 8.62. The van der Waals surface area contributed by atoms with Gasteiger partial charge in [0.15, 0.2) is 0 Å². The van der Waals surface area contributed by atoms with Crippen molar-refractivity contribution in [2.75, 3.05) is 13.7 Å². The smallest absolute Gasteiger partial charge is 0.0502 e. The fourth-order valence-corrected chi connectivity index (χ4v) is 1.61. The number of hydrogen-bond acceptors (Lipinski definition) is 2. The topological polar surface area (TPSA) is 35.2 Å². The molecule has 0 saturated carbocycles. The molecule has 16 heavy (non-hydrogen) atoms. The highest BCUT2D eigenvalue weighted by molar-refractivity contribution is 5.26. The highest BCUT2D eigenvalue weighted by Crippen LogP contribution is 2.30. The molecular weight excluding hydrogens is 198 g/mol. The normalized spacial score (nSPS) is 13.8. The average molecular weight is 221 g/mol. The Morgan fingerprint density at radius 3 is 2.19 bits per heavy atom. The first-order valence-corrected chi connectivity index (χ1v) is 5.78. The first-order valence-electron chi connectivity index (χ1n) is 5.78. The summed E-state index contributed by atoms with van der Waals surface area (Å²) in [4.78, 5) is 0. The van der Waals surface area contributed by atoms with E-state index in [4.69, 9.17) is 10.5 Å². The number of benzene rings is 1. The number of rotatable bonds is 4.